The van der Waals surface area contributed by atoms with Gasteiger partial charge in [0.05, 0.1) is 6.04 Å². The Bertz CT molecular complexity index is 411. The van der Waals surface area contributed by atoms with Crippen LogP contribution in [0.25, 0.3) is 0 Å². The Morgan fingerprint density at radius 2 is 2.10 bits per heavy atom. The summed E-state index contributed by atoms with van der Waals surface area (Å²) >= 11 is 1.78. The predicted molar refractivity (Wildman–Crippen MR) is 83.0 cm³/mol. The van der Waals surface area contributed by atoms with Crippen molar-refractivity contribution in [3.8, 4) is 0 Å². The average Bonchev–Trinajstić information content (AvgIpc) is 3.06. The number of aromatic nitrogens is 4. The van der Waals surface area contributed by atoms with E-state index in [0.29, 0.717) is 11.3 Å². The number of nitrogens with zero attached hydrogens (tertiary/aromatic N) is 4. The van der Waals surface area contributed by atoms with Gasteiger partial charge >= 0.3 is 0 Å². The van der Waals surface area contributed by atoms with E-state index in [0.717, 1.165) is 18.1 Å². The van der Waals surface area contributed by atoms with Gasteiger partial charge in [0.15, 0.2) is 0 Å². The van der Waals surface area contributed by atoms with Crippen LogP contribution in [0.1, 0.15) is 65.8 Å². The highest BCUT2D eigenvalue weighted by atomic mass is 32.2. The molecule has 0 aromatic carbocycles. The van der Waals surface area contributed by atoms with Crippen molar-refractivity contribution in [2.45, 2.75) is 81.8 Å². The summed E-state index contributed by atoms with van der Waals surface area (Å²) in [5, 5.41) is 17.3. The van der Waals surface area contributed by atoms with E-state index in [1.54, 1.807) is 11.8 Å². The van der Waals surface area contributed by atoms with Gasteiger partial charge in [0.25, 0.3) is 0 Å². The molecule has 5 nitrogen and oxygen atoms in total. The van der Waals surface area contributed by atoms with Gasteiger partial charge in [-0.1, -0.05) is 38.5 Å². The van der Waals surface area contributed by atoms with Crippen LogP contribution in [-0.2, 0) is 0 Å². The Kier molecular flexibility index (Phi) is 5.43. The van der Waals surface area contributed by atoms with Crippen molar-refractivity contribution >= 4 is 11.8 Å². The zero-order chi connectivity index (χ0) is 14.6. The Morgan fingerprint density at radius 3 is 2.75 bits per heavy atom. The molecular formula is C14H27N5S. The number of hydrogen-bond donors (Lipinski definition) is 1. The monoisotopic (exact) mass is 297 g/mol. The zero-order valence-corrected chi connectivity index (χ0v) is 13.9. The third-order valence-corrected chi connectivity index (χ3v) is 5.24. The molecule has 1 unspecified atom stereocenters. The number of nitrogens with one attached hydrogen (secondary N) is 1. The molecule has 0 amide bonds. The van der Waals surface area contributed by atoms with E-state index in [1.165, 1.54) is 25.7 Å². The van der Waals surface area contributed by atoms with Crippen LogP contribution in [0, 0.1) is 0 Å². The van der Waals surface area contributed by atoms with E-state index < -0.39 is 0 Å². The first-order valence-electron chi connectivity index (χ1n) is 7.71. The molecular weight excluding hydrogens is 270 g/mol. The topological polar surface area (TPSA) is 55.6 Å². The molecule has 1 aliphatic carbocycles. The van der Waals surface area contributed by atoms with Crippen LogP contribution >= 0.6 is 11.8 Å². The Hall–Kier alpha value is -0.620. The first kappa shape index (κ1) is 15.8. The van der Waals surface area contributed by atoms with E-state index in [-0.39, 0.29) is 5.54 Å². The number of thioether (sulfide) groups is 1. The second-order valence-electron chi connectivity index (χ2n) is 6.39. The summed E-state index contributed by atoms with van der Waals surface area (Å²) in [6, 6.07) is 0.514. The molecule has 114 valence electrons. The molecule has 1 atom stereocenters. The summed E-state index contributed by atoms with van der Waals surface area (Å²) in [5.41, 5.74) is 0.201. The lowest BCUT2D eigenvalue weighted by atomic mass is 10.0. The quantitative estimate of drug-likeness (QED) is 0.784. The maximum absolute atomic E-state index is 4.20. The molecule has 20 heavy (non-hydrogen) atoms. The van der Waals surface area contributed by atoms with Gasteiger partial charge in [-0.05, 0) is 43.5 Å². The fourth-order valence-electron chi connectivity index (χ4n) is 2.41. The molecule has 1 N–H and O–H groups in total. The maximum atomic E-state index is 4.20. The minimum Gasteiger partial charge on any atom is -0.311 e. The minimum atomic E-state index is 0.201. The normalized spacial score (nSPS) is 18.6. The second-order valence-corrected chi connectivity index (χ2v) is 7.80. The van der Waals surface area contributed by atoms with Gasteiger partial charge < -0.3 is 5.32 Å². The van der Waals surface area contributed by atoms with E-state index in [2.05, 4.69) is 48.5 Å². The summed E-state index contributed by atoms with van der Waals surface area (Å²) in [6.45, 7) is 9.91. The van der Waals surface area contributed by atoms with Gasteiger partial charge in [-0.25, -0.2) is 4.68 Å². The molecule has 1 heterocycles. The van der Waals surface area contributed by atoms with Crippen molar-refractivity contribution in [3.63, 3.8) is 0 Å². The van der Waals surface area contributed by atoms with Gasteiger partial charge in [0.2, 0.25) is 5.16 Å². The number of rotatable bonds is 7. The SMILES string of the molecule is CCC(C)(C)NCC(C)Sc1nnnn1C1CCCC1. The Morgan fingerprint density at radius 1 is 1.40 bits per heavy atom. The van der Waals surface area contributed by atoms with Crippen LogP contribution in [0.4, 0.5) is 0 Å². The van der Waals surface area contributed by atoms with Crippen LogP contribution < -0.4 is 5.32 Å². The van der Waals surface area contributed by atoms with E-state index in [9.17, 15) is 0 Å². The largest absolute Gasteiger partial charge is 0.311 e. The summed E-state index contributed by atoms with van der Waals surface area (Å²) in [5.74, 6) is 0. The highest BCUT2D eigenvalue weighted by Gasteiger charge is 2.23. The summed E-state index contributed by atoms with van der Waals surface area (Å²) in [6.07, 6.45) is 6.17. The smallest absolute Gasteiger partial charge is 0.209 e. The minimum absolute atomic E-state index is 0.201. The lowest BCUT2D eigenvalue weighted by molar-refractivity contribution is 0.379. The first-order chi connectivity index (χ1) is 9.52. The molecule has 0 aliphatic heterocycles. The van der Waals surface area contributed by atoms with Crippen LogP contribution in [0.5, 0.6) is 0 Å². The molecule has 1 aromatic heterocycles. The molecule has 1 saturated carbocycles. The molecule has 0 saturated heterocycles. The highest BCUT2D eigenvalue weighted by molar-refractivity contribution is 7.99. The van der Waals surface area contributed by atoms with Crippen LogP contribution in [0.15, 0.2) is 5.16 Å². The van der Waals surface area contributed by atoms with Crippen molar-refractivity contribution in [2.24, 2.45) is 0 Å². The lowest BCUT2D eigenvalue weighted by Gasteiger charge is -2.26. The second kappa shape index (κ2) is 6.89. The van der Waals surface area contributed by atoms with Crippen molar-refractivity contribution in [3.05, 3.63) is 0 Å². The molecule has 0 bridgehead atoms. The van der Waals surface area contributed by atoms with E-state index in [4.69, 9.17) is 0 Å². The lowest BCUT2D eigenvalue weighted by Crippen LogP contribution is -2.41. The summed E-state index contributed by atoms with van der Waals surface area (Å²) < 4.78 is 2.04. The molecule has 6 heteroatoms. The first-order valence-corrected chi connectivity index (χ1v) is 8.59. The van der Waals surface area contributed by atoms with Crippen molar-refractivity contribution < 1.29 is 0 Å². The summed E-state index contributed by atoms with van der Waals surface area (Å²) in [4.78, 5) is 0. The van der Waals surface area contributed by atoms with Gasteiger partial charge in [-0.15, -0.1) is 5.10 Å². The van der Waals surface area contributed by atoms with Gasteiger partial charge in [-0.3, -0.25) is 0 Å². The molecule has 2 rings (SSSR count). The van der Waals surface area contributed by atoms with E-state index >= 15 is 0 Å². The van der Waals surface area contributed by atoms with Crippen molar-refractivity contribution in [1.82, 2.24) is 25.5 Å². The highest BCUT2D eigenvalue weighted by Crippen LogP contribution is 2.32. The van der Waals surface area contributed by atoms with Crippen LogP contribution in [-0.4, -0.2) is 37.5 Å². The zero-order valence-electron chi connectivity index (χ0n) is 13.1. The fraction of sp³-hybridized carbons (Fsp3) is 0.929. The maximum Gasteiger partial charge on any atom is 0.209 e. The van der Waals surface area contributed by atoms with Crippen molar-refractivity contribution in [1.29, 1.82) is 0 Å². The fourth-order valence-corrected chi connectivity index (χ4v) is 3.31. The molecule has 1 fully saturated rings. The Labute approximate surface area is 126 Å². The van der Waals surface area contributed by atoms with Gasteiger partial charge in [-0.2, -0.15) is 0 Å². The number of tetrazole rings is 1. The average molecular weight is 297 g/mol. The summed E-state index contributed by atoms with van der Waals surface area (Å²) in [7, 11) is 0. The van der Waals surface area contributed by atoms with E-state index in [1.807, 2.05) is 4.68 Å². The van der Waals surface area contributed by atoms with Crippen LogP contribution in [0.2, 0.25) is 0 Å². The van der Waals surface area contributed by atoms with Crippen LogP contribution in [0.3, 0.4) is 0 Å². The predicted octanol–water partition coefficient (Wildman–Crippen LogP) is 3.05. The molecule has 0 radical (unpaired) electrons. The molecule has 1 aliphatic rings. The van der Waals surface area contributed by atoms with Crippen molar-refractivity contribution in [2.75, 3.05) is 6.54 Å². The third kappa shape index (κ3) is 4.19. The van der Waals surface area contributed by atoms with Gasteiger partial charge in [0.1, 0.15) is 0 Å². The molecule has 1 aromatic rings. The van der Waals surface area contributed by atoms with Gasteiger partial charge in [0, 0.05) is 17.3 Å². The number of hydrogen-bond acceptors (Lipinski definition) is 5. The third-order valence-electron chi connectivity index (χ3n) is 4.19. The Balaban J connectivity index is 1.88. The standard InChI is InChI=1S/C14H27N5S/c1-5-14(3,4)15-10-11(2)20-13-16-17-18-19(13)12-8-6-7-9-12/h11-12,15H,5-10H2,1-4H3. The molecule has 0 spiro atoms.